The molecule has 2 heterocycles. The number of amides is 1. The lowest BCUT2D eigenvalue weighted by molar-refractivity contribution is -0.132. The Kier molecular flexibility index (Phi) is 6.23. The highest BCUT2D eigenvalue weighted by atomic mass is 35.5. The summed E-state index contributed by atoms with van der Waals surface area (Å²) in [5, 5.41) is 14.0. The SMILES string of the molecule is COc1c(Cl)cc(Cl)cc1/C(O)=C1/C(=O)C(=O)N(c2ccc(Cl)cc2C)C1c1cccs1. The van der Waals surface area contributed by atoms with Crippen molar-refractivity contribution >= 4 is 69.3 Å². The van der Waals surface area contributed by atoms with Crippen molar-refractivity contribution in [3.05, 3.63) is 84.5 Å². The Hall–Kier alpha value is -2.51. The number of thiophene rings is 1. The molecule has 3 aromatic rings. The predicted molar refractivity (Wildman–Crippen MR) is 128 cm³/mol. The van der Waals surface area contributed by atoms with Crippen LogP contribution < -0.4 is 9.64 Å². The first-order valence-electron chi connectivity index (χ1n) is 9.38. The van der Waals surface area contributed by atoms with Gasteiger partial charge in [-0.1, -0.05) is 40.9 Å². The molecule has 1 fully saturated rings. The second kappa shape index (κ2) is 8.79. The average molecular weight is 509 g/mol. The number of aliphatic hydroxyl groups excluding tert-OH is 1. The fraction of sp³-hybridized carbons (Fsp3) is 0.130. The lowest BCUT2D eigenvalue weighted by Crippen LogP contribution is -2.29. The zero-order valence-corrected chi connectivity index (χ0v) is 19.9. The number of Topliss-reactive ketones (excluding diaryl/α,β-unsaturated/α-hetero) is 1. The molecule has 5 nitrogen and oxygen atoms in total. The Balaban J connectivity index is 2.00. The van der Waals surface area contributed by atoms with Crippen molar-refractivity contribution in [3.8, 4) is 5.75 Å². The Labute approximate surface area is 203 Å². The maximum Gasteiger partial charge on any atom is 0.300 e. The summed E-state index contributed by atoms with van der Waals surface area (Å²) in [6.45, 7) is 1.80. The molecule has 1 unspecified atom stereocenters. The number of benzene rings is 2. The summed E-state index contributed by atoms with van der Waals surface area (Å²) >= 11 is 19.8. The summed E-state index contributed by atoms with van der Waals surface area (Å²) in [5.41, 5.74) is 1.27. The summed E-state index contributed by atoms with van der Waals surface area (Å²) < 4.78 is 5.34. The molecule has 1 aromatic heterocycles. The molecule has 1 N–H and O–H groups in total. The van der Waals surface area contributed by atoms with Crippen molar-refractivity contribution in [2.24, 2.45) is 0 Å². The second-order valence-electron chi connectivity index (χ2n) is 7.08. The standard InChI is InChI=1S/C23H16Cl3NO4S/c1-11-8-12(24)5-6-16(11)27-19(17-4-3-7-32-17)18(21(29)23(27)30)20(28)14-9-13(25)10-15(26)22(14)31-2/h3-10,19,28H,1-2H3/b20-18-. The van der Waals surface area contributed by atoms with E-state index >= 15 is 0 Å². The van der Waals surface area contributed by atoms with Crippen LogP contribution in [0.3, 0.4) is 0 Å². The zero-order valence-electron chi connectivity index (χ0n) is 16.9. The first-order valence-corrected chi connectivity index (χ1v) is 11.4. The summed E-state index contributed by atoms with van der Waals surface area (Å²) in [6.07, 6.45) is 0. The highest BCUT2D eigenvalue weighted by Crippen LogP contribution is 2.46. The molecule has 0 bridgehead atoms. The summed E-state index contributed by atoms with van der Waals surface area (Å²) in [6, 6.07) is 10.7. The Morgan fingerprint density at radius 3 is 2.47 bits per heavy atom. The van der Waals surface area contributed by atoms with Gasteiger partial charge in [0, 0.05) is 20.6 Å². The molecular weight excluding hydrogens is 493 g/mol. The van der Waals surface area contributed by atoms with Crippen molar-refractivity contribution in [1.82, 2.24) is 0 Å². The van der Waals surface area contributed by atoms with Crippen LogP contribution in [0.2, 0.25) is 15.1 Å². The molecule has 32 heavy (non-hydrogen) atoms. The van der Waals surface area contributed by atoms with E-state index in [9.17, 15) is 14.7 Å². The van der Waals surface area contributed by atoms with Crippen LogP contribution in [0, 0.1) is 6.92 Å². The van der Waals surface area contributed by atoms with E-state index in [0.717, 1.165) is 0 Å². The van der Waals surface area contributed by atoms with Gasteiger partial charge in [0.2, 0.25) is 0 Å². The number of hydrogen-bond acceptors (Lipinski definition) is 5. The number of hydrogen-bond donors (Lipinski definition) is 1. The third kappa shape index (κ3) is 3.77. The van der Waals surface area contributed by atoms with Crippen LogP contribution in [0.25, 0.3) is 5.76 Å². The van der Waals surface area contributed by atoms with Crippen LogP contribution in [0.5, 0.6) is 5.75 Å². The minimum absolute atomic E-state index is 0.0802. The van der Waals surface area contributed by atoms with E-state index in [1.807, 2.05) is 11.4 Å². The topological polar surface area (TPSA) is 66.8 Å². The number of ether oxygens (including phenoxy) is 1. The van der Waals surface area contributed by atoms with Gasteiger partial charge in [-0.15, -0.1) is 11.3 Å². The Morgan fingerprint density at radius 1 is 1.09 bits per heavy atom. The molecule has 0 spiro atoms. The van der Waals surface area contributed by atoms with Crippen molar-refractivity contribution in [2.45, 2.75) is 13.0 Å². The first-order chi connectivity index (χ1) is 15.2. The number of carbonyl (C=O) groups excluding carboxylic acids is 2. The van der Waals surface area contributed by atoms with Crippen LogP contribution in [0.1, 0.15) is 22.0 Å². The van der Waals surface area contributed by atoms with Crippen molar-refractivity contribution in [2.75, 3.05) is 12.0 Å². The number of carbonyl (C=O) groups is 2. The molecule has 1 aliphatic rings. The molecule has 1 amide bonds. The molecule has 4 rings (SSSR count). The van der Waals surface area contributed by atoms with Gasteiger partial charge in [-0.25, -0.2) is 0 Å². The van der Waals surface area contributed by atoms with Crippen LogP contribution in [0.4, 0.5) is 5.69 Å². The maximum absolute atomic E-state index is 13.2. The molecular formula is C23H16Cl3NO4S. The zero-order chi connectivity index (χ0) is 23.2. The van der Waals surface area contributed by atoms with Crippen molar-refractivity contribution in [3.63, 3.8) is 0 Å². The predicted octanol–water partition coefficient (Wildman–Crippen LogP) is 6.65. The fourth-order valence-electron chi connectivity index (χ4n) is 3.77. The number of halogens is 3. The highest BCUT2D eigenvalue weighted by molar-refractivity contribution is 7.10. The van der Waals surface area contributed by atoms with E-state index < -0.39 is 23.5 Å². The number of methoxy groups -OCH3 is 1. The van der Waals surface area contributed by atoms with E-state index in [2.05, 4.69) is 0 Å². The number of ketones is 1. The lowest BCUT2D eigenvalue weighted by Gasteiger charge is -2.26. The summed E-state index contributed by atoms with van der Waals surface area (Å²) in [7, 11) is 1.39. The molecule has 1 saturated heterocycles. The van der Waals surface area contributed by atoms with Crippen molar-refractivity contribution in [1.29, 1.82) is 0 Å². The van der Waals surface area contributed by atoms with E-state index in [-0.39, 0.29) is 26.9 Å². The van der Waals surface area contributed by atoms with Crippen molar-refractivity contribution < 1.29 is 19.4 Å². The van der Waals surface area contributed by atoms with Crippen LogP contribution in [-0.2, 0) is 9.59 Å². The summed E-state index contributed by atoms with van der Waals surface area (Å²) in [4.78, 5) is 28.5. The minimum Gasteiger partial charge on any atom is -0.507 e. The Morgan fingerprint density at radius 2 is 1.84 bits per heavy atom. The van der Waals surface area contributed by atoms with E-state index in [4.69, 9.17) is 39.5 Å². The third-order valence-corrected chi connectivity index (χ3v) is 6.80. The lowest BCUT2D eigenvalue weighted by atomic mass is 9.99. The first kappa shape index (κ1) is 22.7. The third-order valence-electron chi connectivity index (χ3n) is 5.14. The van der Waals surface area contributed by atoms with Gasteiger partial charge in [0.1, 0.15) is 17.6 Å². The highest BCUT2D eigenvalue weighted by Gasteiger charge is 2.48. The number of nitrogens with zero attached hydrogens (tertiary/aromatic N) is 1. The molecule has 1 atom stereocenters. The van der Waals surface area contributed by atoms with Crippen LogP contribution in [-0.4, -0.2) is 23.9 Å². The maximum atomic E-state index is 13.2. The largest absolute Gasteiger partial charge is 0.507 e. The molecule has 2 aromatic carbocycles. The monoisotopic (exact) mass is 507 g/mol. The normalized spacial score (nSPS) is 17.8. The van der Waals surface area contributed by atoms with Gasteiger partial charge in [0.15, 0.2) is 0 Å². The van der Waals surface area contributed by atoms with Crippen LogP contribution >= 0.6 is 46.1 Å². The number of rotatable bonds is 4. The Bertz CT molecular complexity index is 1270. The average Bonchev–Trinajstić information content (AvgIpc) is 3.35. The van der Waals surface area contributed by atoms with Crippen LogP contribution in [0.15, 0.2) is 53.4 Å². The molecule has 0 radical (unpaired) electrons. The molecule has 0 saturated carbocycles. The van der Waals surface area contributed by atoms with Gasteiger partial charge in [0.25, 0.3) is 11.7 Å². The second-order valence-corrected chi connectivity index (χ2v) is 9.34. The van der Waals surface area contributed by atoms with E-state index in [1.54, 1.807) is 31.2 Å². The van der Waals surface area contributed by atoms with Gasteiger partial charge < -0.3 is 9.84 Å². The molecule has 9 heteroatoms. The molecule has 1 aliphatic heterocycles. The minimum atomic E-state index is -0.850. The van der Waals surface area contributed by atoms with Gasteiger partial charge in [0.05, 0.1) is 23.3 Å². The number of anilines is 1. The fourth-order valence-corrected chi connectivity index (χ4v) is 5.40. The molecule has 164 valence electrons. The number of aliphatic hydroxyl groups is 1. The number of aryl methyl sites for hydroxylation is 1. The summed E-state index contributed by atoms with van der Waals surface area (Å²) in [5.74, 6) is -1.86. The van der Waals surface area contributed by atoms with Gasteiger partial charge in [-0.05, 0) is 54.3 Å². The van der Waals surface area contributed by atoms with E-state index in [1.165, 1.54) is 35.5 Å². The van der Waals surface area contributed by atoms with Gasteiger partial charge in [-0.3, -0.25) is 14.5 Å². The van der Waals surface area contributed by atoms with Gasteiger partial charge >= 0.3 is 0 Å². The van der Waals surface area contributed by atoms with Gasteiger partial charge in [-0.2, -0.15) is 0 Å². The molecule has 0 aliphatic carbocycles. The van der Waals surface area contributed by atoms with E-state index in [0.29, 0.717) is 21.2 Å². The quantitative estimate of drug-likeness (QED) is 0.243. The smallest absolute Gasteiger partial charge is 0.300 e.